The van der Waals surface area contributed by atoms with Gasteiger partial charge in [0.2, 0.25) is 5.91 Å². The van der Waals surface area contributed by atoms with Crippen LogP contribution in [0.25, 0.3) is 0 Å². The van der Waals surface area contributed by atoms with Crippen molar-refractivity contribution < 1.29 is 9.53 Å². The second kappa shape index (κ2) is 3.21. The molecule has 78 valence electrons. The minimum absolute atomic E-state index is 0.266. The van der Waals surface area contributed by atoms with E-state index in [1.807, 2.05) is 4.90 Å². The molecule has 2 atom stereocenters. The van der Waals surface area contributed by atoms with Gasteiger partial charge in [0.15, 0.2) is 0 Å². The fourth-order valence-corrected chi connectivity index (χ4v) is 2.72. The van der Waals surface area contributed by atoms with Crippen LogP contribution in [0.2, 0.25) is 0 Å². The molecule has 1 saturated carbocycles. The molecule has 1 N–H and O–H groups in total. The van der Waals surface area contributed by atoms with Crippen LogP contribution in [-0.4, -0.2) is 50.2 Å². The van der Waals surface area contributed by atoms with Crippen molar-refractivity contribution in [2.24, 2.45) is 17.8 Å². The van der Waals surface area contributed by atoms with E-state index >= 15 is 0 Å². The third-order valence-corrected chi connectivity index (χ3v) is 3.75. The van der Waals surface area contributed by atoms with Gasteiger partial charge in [-0.05, 0) is 17.8 Å². The predicted molar refractivity (Wildman–Crippen MR) is 50.7 cm³/mol. The molecule has 0 spiro atoms. The Morgan fingerprint density at radius 2 is 2.21 bits per heavy atom. The number of nitrogens with zero attached hydrogens (tertiary/aromatic N) is 1. The van der Waals surface area contributed by atoms with Crippen LogP contribution < -0.4 is 5.32 Å². The van der Waals surface area contributed by atoms with E-state index in [1.54, 1.807) is 0 Å². The SMILES string of the molecule is O=C1CNCCN1CC1C2COCC21. The third kappa shape index (κ3) is 1.33. The maximum Gasteiger partial charge on any atom is 0.236 e. The Labute approximate surface area is 83.6 Å². The van der Waals surface area contributed by atoms with Gasteiger partial charge < -0.3 is 15.0 Å². The van der Waals surface area contributed by atoms with Gasteiger partial charge in [0.25, 0.3) is 0 Å². The maximum atomic E-state index is 11.5. The highest BCUT2D eigenvalue weighted by Gasteiger charge is 2.54. The van der Waals surface area contributed by atoms with Gasteiger partial charge in [0.1, 0.15) is 0 Å². The van der Waals surface area contributed by atoms with Crippen molar-refractivity contribution in [3.05, 3.63) is 0 Å². The zero-order chi connectivity index (χ0) is 9.54. The van der Waals surface area contributed by atoms with E-state index in [0.29, 0.717) is 6.54 Å². The van der Waals surface area contributed by atoms with E-state index in [0.717, 1.165) is 50.6 Å². The lowest BCUT2D eigenvalue weighted by Gasteiger charge is -2.27. The molecule has 4 nitrogen and oxygen atoms in total. The molecule has 14 heavy (non-hydrogen) atoms. The first-order chi connectivity index (χ1) is 6.86. The second-order valence-corrected chi connectivity index (χ2v) is 4.55. The number of piperazine rings is 1. The van der Waals surface area contributed by atoms with Crippen LogP contribution in [0.1, 0.15) is 0 Å². The molecule has 0 aromatic rings. The molecule has 2 aliphatic heterocycles. The molecule has 2 unspecified atom stereocenters. The van der Waals surface area contributed by atoms with Crippen LogP contribution >= 0.6 is 0 Å². The van der Waals surface area contributed by atoms with E-state index in [9.17, 15) is 4.79 Å². The van der Waals surface area contributed by atoms with E-state index in [4.69, 9.17) is 4.74 Å². The largest absolute Gasteiger partial charge is 0.381 e. The summed E-state index contributed by atoms with van der Waals surface area (Å²) in [6.07, 6.45) is 0. The summed E-state index contributed by atoms with van der Waals surface area (Å²) >= 11 is 0. The molecule has 0 radical (unpaired) electrons. The zero-order valence-corrected chi connectivity index (χ0v) is 8.24. The van der Waals surface area contributed by atoms with Gasteiger partial charge in [0, 0.05) is 19.6 Å². The van der Waals surface area contributed by atoms with Crippen LogP contribution in [0.15, 0.2) is 0 Å². The zero-order valence-electron chi connectivity index (χ0n) is 8.24. The molecular formula is C10H16N2O2. The summed E-state index contributed by atoms with van der Waals surface area (Å²) < 4.78 is 5.34. The number of carbonyl (C=O) groups is 1. The van der Waals surface area contributed by atoms with Crippen molar-refractivity contribution in [3.63, 3.8) is 0 Å². The second-order valence-electron chi connectivity index (χ2n) is 4.55. The van der Waals surface area contributed by atoms with Gasteiger partial charge in [-0.3, -0.25) is 4.79 Å². The molecule has 2 saturated heterocycles. The quantitative estimate of drug-likeness (QED) is 0.635. The van der Waals surface area contributed by atoms with E-state index in [-0.39, 0.29) is 5.91 Å². The van der Waals surface area contributed by atoms with Crippen LogP contribution in [-0.2, 0) is 9.53 Å². The van der Waals surface area contributed by atoms with Gasteiger partial charge in [-0.2, -0.15) is 0 Å². The van der Waals surface area contributed by atoms with Gasteiger partial charge in [-0.1, -0.05) is 0 Å². The Hall–Kier alpha value is -0.610. The number of nitrogens with one attached hydrogen (secondary N) is 1. The summed E-state index contributed by atoms with van der Waals surface area (Å²) in [7, 11) is 0. The molecule has 4 heteroatoms. The van der Waals surface area contributed by atoms with Crippen molar-refractivity contribution >= 4 is 5.91 Å². The number of hydrogen-bond acceptors (Lipinski definition) is 3. The Kier molecular flexibility index (Phi) is 1.99. The highest BCUT2D eigenvalue weighted by molar-refractivity contribution is 5.79. The normalized spacial score (nSPS) is 41.3. The first-order valence-electron chi connectivity index (χ1n) is 5.42. The minimum atomic E-state index is 0.266. The highest BCUT2D eigenvalue weighted by Crippen LogP contribution is 2.50. The van der Waals surface area contributed by atoms with E-state index in [2.05, 4.69) is 5.32 Å². The van der Waals surface area contributed by atoms with E-state index in [1.165, 1.54) is 0 Å². The Morgan fingerprint density at radius 1 is 1.43 bits per heavy atom. The van der Waals surface area contributed by atoms with Gasteiger partial charge in [-0.25, -0.2) is 0 Å². The van der Waals surface area contributed by atoms with Gasteiger partial charge >= 0.3 is 0 Å². The van der Waals surface area contributed by atoms with Crippen molar-refractivity contribution in [1.82, 2.24) is 10.2 Å². The fourth-order valence-electron chi connectivity index (χ4n) is 2.72. The molecule has 0 bridgehead atoms. The number of fused-ring (bicyclic) bond motifs is 1. The first-order valence-corrected chi connectivity index (χ1v) is 5.42. The molecule has 0 aromatic heterocycles. The third-order valence-electron chi connectivity index (χ3n) is 3.75. The summed E-state index contributed by atoms with van der Waals surface area (Å²) in [6, 6.07) is 0. The molecule has 0 aromatic carbocycles. The summed E-state index contributed by atoms with van der Waals surface area (Å²) in [4.78, 5) is 13.5. The average Bonchev–Trinajstić information content (AvgIpc) is 2.64. The molecule has 3 aliphatic rings. The lowest BCUT2D eigenvalue weighted by atomic mass is 10.2. The lowest BCUT2D eigenvalue weighted by molar-refractivity contribution is -0.132. The number of hydrogen-bond donors (Lipinski definition) is 1. The summed E-state index contributed by atoms with van der Waals surface area (Å²) in [5, 5.41) is 3.09. The Balaban J connectivity index is 1.54. The minimum Gasteiger partial charge on any atom is -0.381 e. The van der Waals surface area contributed by atoms with Crippen LogP contribution in [0.5, 0.6) is 0 Å². The van der Waals surface area contributed by atoms with Crippen molar-refractivity contribution in [1.29, 1.82) is 0 Å². The number of rotatable bonds is 2. The monoisotopic (exact) mass is 196 g/mol. The molecule has 1 aliphatic carbocycles. The summed E-state index contributed by atoms with van der Waals surface area (Å²) in [5.74, 6) is 2.53. The Bertz CT molecular complexity index is 247. The Morgan fingerprint density at radius 3 is 2.93 bits per heavy atom. The fraction of sp³-hybridized carbons (Fsp3) is 0.900. The van der Waals surface area contributed by atoms with Gasteiger partial charge in [-0.15, -0.1) is 0 Å². The summed E-state index contributed by atoms with van der Waals surface area (Å²) in [5.41, 5.74) is 0. The standard InChI is InChI=1S/C10H16N2O2/c13-10-3-11-1-2-12(10)4-7-8-5-14-6-9(7)8/h7-9,11H,1-6H2. The van der Waals surface area contributed by atoms with Gasteiger partial charge in [0.05, 0.1) is 19.8 Å². The number of carbonyl (C=O) groups excluding carboxylic acids is 1. The lowest BCUT2D eigenvalue weighted by Crippen LogP contribution is -2.48. The smallest absolute Gasteiger partial charge is 0.236 e. The van der Waals surface area contributed by atoms with Crippen molar-refractivity contribution in [3.8, 4) is 0 Å². The molecule has 3 rings (SSSR count). The number of amides is 1. The van der Waals surface area contributed by atoms with Crippen molar-refractivity contribution in [2.45, 2.75) is 0 Å². The van der Waals surface area contributed by atoms with Crippen LogP contribution in [0, 0.1) is 17.8 Å². The maximum absolute atomic E-state index is 11.5. The molecule has 1 amide bonds. The van der Waals surface area contributed by atoms with Crippen LogP contribution in [0.4, 0.5) is 0 Å². The van der Waals surface area contributed by atoms with Crippen LogP contribution in [0.3, 0.4) is 0 Å². The van der Waals surface area contributed by atoms with E-state index < -0.39 is 0 Å². The highest BCUT2D eigenvalue weighted by atomic mass is 16.5. The topological polar surface area (TPSA) is 41.6 Å². The number of ether oxygens (including phenoxy) is 1. The molecule has 2 heterocycles. The van der Waals surface area contributed by atoms with Crippen molar-refractivity contribution in [2.75, 3.05) is 39.4 Å². The molecule has 3 fully saturated rings. The predicted octanol–water partition coefficient (Wildman–Crippen LogP) is -0.689. The first kappa shape index (κ1) is 8.68. The average molecular weight is 196 g/mol. The molecular weight excluding hydrogens is 180 g/mol. The summed E-state index contributed by atoms with van der Waals surface area (Å²) in [6.45, 7) is 5.18.